The van der Waals surface area contributed by atoms with Gasteiger partial charge in [-0.15, -0.1) is 0 Å². The Morgan fingerprint density at radius 2 is 2.05 bits per heavy atom. The molecule has 20 heavy (non-hydrogen) atoms. The Balaban J connectivity index is 2.19. The van der Waals surface area contributed by atoms with Crippen LogP contribution in [0.5, 0.6) is 0 Å². The van der Waals surface area contributed by atoms with Gasteiger partial charge in [0.1, 0.15) is 0 Å². The Labute approximate surface area is 121 Å². The van der Waals surface area contributed by atoms with Crippen molar-refractivity contribution < 1.29 is 19.2 Å². The minimum absolute atomic E-state index is 0.0352. The molecule has 108 valence electrons. The van der Waals surface area contributed by atoms with E-state index in [0.717, 1.165) is 5.06 Å². The second kappa shape index (κ2) is 6.11. The van der Waals surface area contributed by atoms with Gasteiger partial charge in [-0.25, -0.2) is 14.7 Å². The number of hydrogen-bond acceptors (Lipinski definition) is 4. The van der Waals surface area contributed by atoms with Crippen molar-refractivity contribution in [2.24, 2.45) is 0 Å². The molecular weight excluding hydrogens is 284 g/mol. The van der Waals surface area contributed by atoms with E-state index in [4.69, 9.17) is 21.2 Å². The first-order valence-electron chi connectivity index (χ1n) is 6.17. The second-order valence-corrected chi connectivity index (χ2v) is 4.63. The summed E-state index contributed by atoms with van der Waals surface area (Å²) in [5, 5.41) is 1.66. The fourth-order valence-corrected chi connectivity index (χ4v) is 2.05. The molecule has 7 heteroatoms. The third-order valence-corrected chi connectivity index (χ3v) is 3.05. The molecule has 1 fully saturated rings. The molecule has 1 aromatic rings. The molecule has 1 aliphatic heterocycles. The number of hydroxylamine groups is 2. The first kappa shape index (κ1) is 14.6. The van der Waals surface area contributed by atoms with Crippen LogP contribution in [0.4, 0.5) is 10.5 Å². The van der Waals surface area contributed by atoms with Crippen LogP contribution in [-0.2, 0) is 14.4 Å². The lowest BCUT2D eigenvalue weighted by molar-refractivity contribution is -0.152. The summed E-state index contributed by atoms with van der Waals surface area (Å²) in [7, 11) is 1.50. The SMILES string of the molecule is CCOC(=O)CC1ON(C)C(=O)N1c1ccc(Cl)cc1. The highest BCUT2D eigenvalue weighted by Crippen LogP contribution is 2.28. The van der Waals surface area contributed by atoms with E-state index in [1.807, 2.05) is 0 Å². The molecule has 1 unspecified atom stereocenters. The Bertz CT molecular complexity index is 506. The average molecular weight is 299 g/mol. The Morgan fingerprint density at radius 3 is 2.65 bits per heavy atom. The molecule has 1 aromatic carbocycles. The monoisotopic (exact) mass is 298 g/mol. The number of carbonyl (C=O) groups is 2. The van der Waals surface area contributed by atoms with Crippen LogP contribution in [0.1, 0.15) is 13.3 Å². The summed E-state index contributed by atoms with van der Waals surface area (Å²) in [4.78, 5) is 30.4. The molecule has 1 atom stereocenters. The lowest BCUT2D eigenvalue weighted by Gasteiger charge is -2.20. The molecule has 0 spiro atoms. The summed E-state index contributed by atoms with van der Waals surface area (Å²) < 4.78 is 4.88. The maximum Gasteiger partial charge on any atom is 0.350 e. The lowest BCUT2D eigenvalue weighted by Crippen LogP contribution is -2.35. The normalized spacial score (nSPS) is 18.6. The largest absolute Gasteiger partial charge is 0.466 e. The summed E-state index contributed by atoms with van der Waals surface area (Å²) in [5.74, 6) is -0.417. The van der Waals surface area contributed by atoms with Crippen LogP contribution in [0.25, 0.3) is 0 Å². The van der Waals surface area contributed by atoms with Crippen LogP contribution < -0.4 is 4.90 Å². The molecular formula is C13H15ClN2O4. The third kappa shape index (κ3) is 3.02. The number of amides is 2. The molecule has 1 aliphatic rings. The molecule has 2 amide bonds. The molecule has 2 rings (SSSR count). The number of halogens is 1. The number of anilines is 1. The van der Waals surface area contributed by atoms with E-state index in [0.29, 0.717) is 10.7 Å². The van der Waals surface area contributed by atoms with Gasteiger partial charge >= 0.3 is 12.0 Å². The Morgan fingerprint density at radius 1 is 1.40 bits per heavy atom. The van der Waals surface area contributed by atoms with Gasteiger partial charge in [0.25, 0.3) is 0 Å². The summed E-state index contributed by atoms with van der Waals surface area (Å²) >= 11 is 5.83. The van der Waals surface area contributed by atoms with Crippen molar-refractivity contribution in [2.45, 2.75) is 19.6 Å². The van der Waals surface area contributed by atoms with Crippen LogP contribution in [0.15, 0.2) is 24.3 Å². The predicted octanol–water partition coefficient (Wildman–Crippen LogP) is 2.42. The van der Waals surface area contributed by atoms with Gasteiger partial charge in [0.2, 0.25) is 0 Å². The number of esters is 1. The molecule has 0 N–H and O–H groups in total. The summed E-state index contributed by atoms with van der Waals surface area (Å²) in [5.41, 5.74) is 0.609. The van der Waals surface area contributed by atoms with E-state index in [1.54, 1.807) is 31.2 Å². The van der Waals surface area contributed by atoms with E-state index in [-0.39, 0.29) is 19.1 Å². The number of urea groups is 1. The van der Waals surface area contributed by atoms with Crippen molar-refractivity contribution in [1.29, 1.82) is 0 Å². The zero-order chi connectivity index (χ0) is 14.7. The maximum atomic E-state index is 12.1. The van der Waals surface area contributed by atoms with E-state index in [1.165, 1.54) is 11.9 Å². The zero-order valence-corrected chi connectivity index (χ0v) is 12.0. The van der Waals surface area contributed by atoms with Gasteiger partial charge in [-0.3, -0.25) is 9.69 Å². The molecule has 0 aromatic heterocycles. The molecule has 0 radical (unpaired) electrons. The van der Waals surface area contributed by atoms with Crippen molar-refractivity contribution in [2.75, 3.05) is 18.6 Å². The second-order valence-electron chi connectivity index (χ2n) is 4.20. The molecule has 6 nitrogen and oxygen atoms in total. The Hall–Kier alpha value is -1.79. The highest BCUT2D eigenvalue weighted by molar-refractivity contribution is 6.30. The van der Waals surface area contributed by atoms with E-state index >= 15 is 0 Å². The molecule has 0 saturated carbocycles. The van der Waals surface area contributed by atoms with Crippen LogP contribution in [0, 0.1) is 0 Å². The molecule has 0 aliphatic carbocycles. The van der Waals surface area contributed by atoms with Gasteiger partial charge < -0.3 is 4.74 Å². The van der Waals surface area contributed by atoms with Gasteiger partial charge in [0.15, 0.2) is 6.23 Å². The van der Waals surface area contributed by atoms with E-state index in [2.05, 4.69) is 0 Å². The highest BCUT2D eigenvalue weighted by atomic mass is 35.5. The van der Waals surface area contributed by atoms with Gasteiger partial charge in [0, 0.05) is 17.8 Å². The van der Waals surface area contributed by atoms with Gasteiger partial charge in [-0.2, -0.15) is 0 Å². The number of nitrogens with zero attached hydrogens (tertiary/aromatic N) is 2. The van der Waals surface area contributed by atoms with Crippen molar-refractivity contribution in [1.82, 2.24) is 5.06 Å². The average Bonchev–Trinajstić information content (AvgIpc) is 2.66. The van der Waals surface area contributed by atoms with Gasteiger partial charge in [-0.1, -0.05) is 11.6 Å². The van der Waals surface area contributed by atoms with Crippen LogP contribution in [-0.4, -0.2) is 36.9 Å². The topological polar surface area (TPSA) is 59.1 Å². The number of carbonyl (C=O) groups excluding carboxylic acids is 2. The smallest absolute Gasteiger partial charge is 0.350 e. The number of rotatable bonds is 4. The quantitative estimate of drug-likeness (QED) is 0.801. The molecule has 1 heterocycles. The van der Waals surface area contributed by atoms with Crippen LogP contribution in [0.3, 0.4) is 0 Å². The predicted molar refractivity (Wildman–Crippen MR) is 73.2 cm³/mol. The van der Waals surface area contributed by atoms with Crippen molar-refractivity contribution in [3.05, 3.63) is 29.3 Å². The fraction of sp³-hybridized carbons (Fsp3) is 0.385. The van der Waals surface area contributed by atoms with Crippen LogP contribution >= 0.6 is 11.6 Å². The zero-order valence-electron chi connectivity index (χ0n) is 11.2. The number of ether oxygens (including phenoxy) is 1. The summed E-state index contributed by atoms with van der Waals surface area (Å²) in [6.07, 6.45) is -0.750. The molecule has 0 bridgehead atoms. The first-order valence-corrected chi connectivity index (χ1v) is 6.55. The van der Waals surface area contributed by atoms with E-state index in [9.17, 15) is 9.59 Å². The van der Waals surface area contributed by atoms with E-state index < -0.39 is 12.2 Å². The van der Waals surface area contributed by atoms with Crippen molar-refractivity contribution >= 4 is 29.3 Å². The minimum atomic E-state index is -0.715. The highest BCUT2D eigenvalue weighted by Gasteiger charge is 2.39. The third-order valence-electron chi connectivity index (χ3n) is 2.79. The lowest BCUT2D eigenvalue weighted by atomic mass is 10.2. The summed E-state index contributed by atoms with van der Waals surface area (Å²) in [6, 6.07) is 6.39. The van der Waals surface area contributed by atoms with Crippen molar-refractivity contribution in [3.8, 4) is 0 Å². The number of benzene rings is 1. The van der Waals surface area contributed by atoms with Crippen molar-refractivity contribution in [3.63, 3.8) is 0 Å². The molecule has 1 saturated heterocycles. The maximum absolute atomic E-state index is 12.1. The standard InChI is InChI=1S/C13H15ClN2O4/c1-3-19-12(17)8-11-16(13(18)15(2)20-11)10-6-4-9(14)5-7-10/h4-7,11H,3,8H2,1-2H3. The minimum Gasteiger partial charge on any atom is -0.466 e. The number of hydrogen-bond donors (Lipinski definition) is 0. The summed E-state index contributed by atoms with van der Waals surface area (Å²) in [6.45, 7) is 2.01. The van der Waals surface area contributed by atoms with Gasteiger partial charge in [0.05, 0.1) is 13.0 Å². The fourth-order valence-electron chi connectivity index (χ4n) is 1.92. The van der Waals surface area contributed by atoms with Crippen LogP contribution in [0.2, 0.25) is 5.02 Å². The first-order chi connectivity index (χ1) is 9.52. The van der Waals surface area contributed by atoms with Gasteiger partial charge in [-0.05, 0) is 31.2 Å². The Kier molecular flexibility index (Phi) is 4.46.